The quantitative estimate of drug-likeness (QED) is 0.918. The fraction of sp³-hybridized carbons (Fsp3) is 0.357. The van der Waals surface area contributed by atoms with Gasteiger partial charge in [-0.1, -0.05) is 29.8 Å². The van der Waals surface area contributed by atoms with E-state index in [0.29, 0.717) is 9.25 Å². The van der Waals surface area contributed by atoms with Crippen LogP contribution in [0.15, 0.2) is 29.1 Å². The first-order valence-corrected chi connectivity index (χ1v) is 6.72. The lowest BCUT2D eigenvalue weighted by molar-refractivity contribution is -0.147. The molecule has 6 nitrogen and oxygen atoms in total. The summed E-state index contributed by atoms with van der Waals surface area (Å²) in [5, 5.41) is 5.70. The molecule has 0 saturated heterocycles. The highest BCUT2D eigenvalue weighted by Crippen LogP contribution is 2.25. The van der Waals surface area contributed by atoms with Crippen molar-refractivity contribution in [3.05, 3.63) is 51.7 Å². The van der Waals surface area contributed by atoms with Crippen molar-refractivity contribution in [2.75, 3.05) is 0 Å². The summed E-state index contributed by atoms with van der Waals surface area (Å²) in [7, 11) is 0.957. The van der Waals surface area contributed by atoms with Crippen LogP contribution in [-0.4, -0.2) is 20.3 Å². The van der Waals surface area contributed by atoms with Gasteiger partial charge in [-0.15, -0.1) is 5.10 Å². The van der Waals surface area contributed by atoms with Gasteiger partial charge in [-0.05, 0) is 12.5 Å². The van der Waals surface area contributed by atoms with Gasteiger partial charge in [0.1, 0.15) is 6.54 Å². The monoisotopic (exact) mass is 328 g/mol. The number of aryl methyl sites for hydroxylation is 1. The summed E-state index contributed by atoms with van der Waals surface area (Å²) >= 11 is 0. The molecule has 0 aliphatic rings. The second kappa shape index (κ2) is 6.27. The second-order valence-corrected chi connectivity index (χ2v) is 5.08. The molecule has 1 N–H and O–H groups in total. The molecule has 2 aromatic rings. The van der Waals surface area contributed by atoms with Gasteiger partial charge in [0.15, 0.2) is 0 Å². The zero-order chi connectivity index (χ0) is 17.2. The fourth-order valence-electron chi connectivity index (χ4n) is 1.94. The summed E-state index contributed by atoms with van der Waals surface area (Å²) in [5.41, 5.74) is 0.913. The molecule has 124 valence electrons. The Balaban J connectivity index is 2.03. The maximum atomic E-state index is 12.6. The number of rotatable bonds is 4. The van der Waals surface area contributed by atoms with Gasteiger partial charge >= 0.3 is 11.9 Å². The van der Waals surface area contributed by atoms with Crippen LogP contribution in [0.3, 0.4) is 0 Å². The molecule has 2 rings (SSSR count). The van der Waals surface area contributed by atoms with Crippen molar-refractivity contribution in [1.29, 1.82) is 0 Å². The van der Waals surface area contributed by atoms with Crippen LogP contribution in [0.4, 0.5) is 13.2 Å². The zero-order valence-electron chi connectivity index (χ0n) is 12.5. The van der Waals surface area contributed by atoms with Crippen molar-refractivity contribution >= 4 is 5.91 Å². The van der Waals surface area contributed by atoms with Gasteiger partial charge in [0.25, 0.3) is 0 Å². The normalized spacial score (nSPS) is 11.5. The summed E-state index contributed by atoms with van der Waals surface area (Å²) in [5.74, 6) is -1.94. The lowest BCUT2D eigenvalue weighted by atomic mass is 10.1. The Morgan fingerprint density at radius 2 is 1.87 bits per heavy atom. The average molecular weight is 328 g/mol. The number of hydrogen-bond donors (Lipinski definition) is 1. The third kappa shape index (κ3) is 3.99. The zero-order valence-corrected chi connectivity index (χ0v) is 12.5. The molecule has 0 aliphatic carbocycles. The molecule has 9 heteroatoms. The lowest BCUT2D eigenvalue weighted by Gasteiger charge is -2.05. The molecule has 0 radical (unpaired) electrons. The van der Waals surface area contributed by atoms with Crippen LogP contribution in [0.1, 0.15) is 17.0 Å². The van der Waals surface area contributed by atoms with Crippen LogP contribution >= 0.6 is 0 Å². The van der Waals surface area contributed by atoms with Crippen LogP contribution in [0.25, 0.3) is 0 Å². The number of nitrogens with one attached hydrogen (secondary N) is 1. The fourth-order valence-corrected chi connectivity index (χ4v) is 1.94. The van der Waals surface area contributed by atoms with E-state index in [9.17, 15) is 22.8 Å². The summed E-state index contributed by atoms with van der Waals surface area (Å²) in [6.45, 7) is 1.57. The third-order valence-corrected chi connectivity index (χ3v) is 3.20. The van der Waals surface area contributed by atoms with Crippen molar-refractivity contribution < 1.29 is 18.0 Å². The molecule has 0 unspecified atom stereocenters. The van der Waals surface area contributed by atoms with Crippen LogP contribution < -0.4 is 11.0 Å². The summed E-state index contributed by atoms with van der Waals surface area (Å²) in [6.07, 6.45) is -4.75. The molecule has 1 aromatic heterocycles. The highest BCUT2D eigenvalue weighted by Gasteiger charge is 2.38. The second-order valence-electron chi connectivity index (χ2n) is 5.08. The number of halogens is 3. The van der Waals surface area contributed by atoms with Crippen LogP contribution in [0, 0.1) is 6.92 Å². The molecule has 0 fully saturated rings. The molecule has 23 heavy (non-hydrogen) atoms. The predicted molar refractivity (Wildman–Crippen MR) is 75.5 cm³/mol. The number of carbonyl (C=O) groups excluding carboxylic acids is 1. The third-order valence-electron chi connectivity index (χ3n) is 3.20. The molecule has 0 spiro atoms. The molecule has 1 aromatic carbocycles. The predicted octanol–water partition coefficient (Wildman–Crippen LogP) is 1.23. The molecule has 0 atom stereocenters. The van der Waals surface area contributed by atoms with Crippen molar-refractivity contribution in [3.8, 4) is 0 Å². The highest BCUT2D eigenvalue weighted by atomic mass is 19.4. The van der Waals surface area contributed by atoms with E-state index in [1.807, 2.05) is 31.2 Å². The molecule has 0 aliphatic heterocycles. The van der Waals surface area contributed by atoms with E-state index in [0.717, 1.165) is 18.2 Å². The first-order chi connectivity index (χ1) is 10.7. The van der Waals surface area contributed by atoms with Gasteiger partial charge in [-0.2, -0.15) is 13.2 Å². The Bertz CT molecular complexity index is 760. The summed E-state index contributed by atoms with van der Waals surface area (Å²) < 4.78 is 38.8. The first-order valence-electron chi connectivity index (χ1n) is 6.72. The average Bonchev–Trinajstić information content (AvgIpc) is 2.75. The van der Waals surface area contributed by atoms with E-state index in [1.165, 1.54) is 0 Å². The Morgan fingerprint density at radius 3 is 2.39 bits per heavy atom. The van der Waals surface area contributed by atoms with Crippen LogP contribution in [0.5, 0.6) is 0 Å². The standard InChI is InChI=1S/C14H15F3N4O2/c1-9-3-5-10(6-4-9)7-18-11(22)8-21-13(23)20(2)12(19-21)14(15,16)17/h3-6H,7-8H2,1-2H3,(H,18,22). The minimum absolute atomic E-state index is 0.215. The van der Waals surface area contributed by atoms with Gasteiger partial charge in [0, 0.05) is 13.6 Å². The number of hydrogen-bond acceptors (Lipinski definition) is 3. The molecular formula is C14H15F3N4O2. The number of carbonyl (C=O) groups is 1. The molecular weight excluding hydrogens is 313 g/mol. The largest absolute Gasteiger partial charge is 0.451 e. The van der Waals surface area contributed by atoms with Gasteiger partial charge in [-0.3, -0.25) is 9.36 Å². The summed E-state index contributed by atoms with van der Waals surface area (Å²) in [6, 6.07) is 7.40. The van der Waals surface area contributed by atoms with E-state index >= 15 is 0 Å². The topological polar surface area (TPSA) is 68.9 Å². The van der Waals surface area contributed by atoms with Crippen molar-refractivity contribution in [2.45, 2.75) is 26.2 Å². The Morgan fingerprint density at radius 1 is 1.26 bits per heavy atom. The molecule has 1 amide bonds. The van der Waals surface area contributed by atoms with E-state index in [2.05, 4.69) is 10.4 Å². The van der Waals surface area contributed by atoms with Crippen LogP contribution in [0.2, 0.25) is 0 Å². The minimum atomic E-state index is -4.75. The van der Waals surface area contributed by atoms with Crippen LogP contribution in [-0.2, 0) is 31.1 Å². The van der Waals surface area contributed by atoms with E-state index < -0.39 is 30.1 Å². The lowest BCUT2D eigenvalue weighted by Crippen LogP contribution is -2.33. The molecule has 0 bridgehead atoms. The van der Waals surface area contributed by atoms with Crippen molar-refractivity contribution in [1.82, 2.24) is 19.7 Å². The van der Waals surface area contributed by atoms with Crippen molar-refractivity contribution in [3.63, 3.8) is 0 Å². The van der Waals surface area contributed by atoms with E-state index in [-0.39, 0.29) is 6.54 Å². The maximum Gasteiger partial charge on any atom is 0.451 e. The number of aromatic nitrogens is 3. The SMILES string of the molecule is Cc1ccc(CNC(=O)Cn2nc(C(F)(F)F)n(C)c2=O)cc1. The smallest absolute Gasteiger partial charge is 0.350 e. The highest BCUT2D eigenvalue weighted by molar-refractivity contribution is 5.75. The Kier molecular flexibility index (Phi) is 4.57. The summed E-state index contributed by atoms with van der Waals surface area (Å²) in [4.78, 5) is 23.4. The maximum absolute atomic E-state index is 12.6. The molecule has 0 saturated carbocycles. The van der Waals surface area contributed by atoms with Gasteiger partial charge in [0.2, 0.25) is 11.7 Å². The van der Waals surface area contributed by atoms with E-state index in [4.69, 9.17) is 0 Å². The number of alkyl halides is 3. The van der Waals surface area contributed by atoms with Gasteiger partial charge in [-0.25, -0.2) is 9.48 Å². The number of benzene rings is 1. The molecule has 1 heterocycles. The van der Waals surface area contributed by atoms with Gasteiger partial charge in [0.05, 0.1) is 0 Å². The number of amides is 1. The van der Waals surface area contributed by atoms with E-state index in [1.54, 1.807) is 0 Å². The minimum Gasteiger partial charge on any atom is -0.350 e. The van der Waals surface area contributed by atoms with Crippen molar-refractivity contribution in [2.24, 2.45) is 7.05 Å². The first kappa shape index (κ1) is 16.8. The Labute approximate surface area is 129 Å². The Hall–Kier alpha value is -2.58. The van der Waals surface area contributed by atoms with Gasteiger partial charge < -0.3 is 5.32 Å². The number of nitrogens with zero attached hydrogens (tertiary/aromatic N) is 3.